The Morgan fingerprint density at radius 3 is 2.70 bits per heavy atom. The second-order valence-electron chi connectivity index (χ2n) is 7.72. The van der Waals surface area contributed by atoms with Gasteiger partial charge in [0, 0.05) is 18.1 Å². The summed E-state index contributed by atoms with van der Waals surface area (Å²) in [7, 11) is 1.55. The number of aromatic amines is 1. The lowest BCUT2D eigenvalue weighted by Crippen LogP contribution is -2.31. The fraction of sp³-hybridized carbons (Fsp3) is 0.240. The first-order valence-electron chi connectivity index (χ1n) is 10.5. The highest BCUT2D eigenvalue weighted by Gasteiger charge is 2.31. The van der Waals surface area contributed by atoms with Crippen LogP contribution in [0.25, 0.3) is 0 Å². The number of benzene rings is 2. The molecule has 33 heavy (non-hydrogen) atoms. The lowest BCUT2D eigenvalue weighted by atomic mass is 9.86. The Labute approximate surface area is 196 Å². The number of hydrogen-bond donors (Lipinski definition) is 2. The third-order valence-electron chi connectivity index (χ3n) is 5.37. The van der Waals surface area contributed by atoms with Gasteiger partial charge in [0.05, 0.1) is 12.7 Å². The minimum Gasteiger partial charge on any atom is -0.493 e. The number of amides is 1. The van der Waals surface area contributed by atoms with Crippen LogP contribution in [0.3, 0.4) is 0 Å². The average molecular weight is 464 g/mol. The normalized spacial score (nSPS) is 14.8. The topological polar surface area (TPSA) is 93.3 Å². The Hall–Kier alpha value is -3.52. The summed E-state index contributed by atoms with van der Waals surface area (Å²) in [5.41, 5.74) is 3.27. The molecule has 0 unspecified atom stereocenters. The van der Waals surface area contributed by atoms with Gasteiger partial charge in [-0.2, -0.15) is 0 Å². The highest BCUT2D eigenvalue weighted by atomic mass is 32.2. The highest BCUT2D eigenvalue weighted by molar-refractivity contribution is 7.98. The van der Waals surface area contributed by atoms with Gasteiger partial charge < -0.3 is 19.8 Å². The van der Waals surface area contributed by atoms with Crippen molar-refractivity contribution in [3.8, 4) is 11.5 Å². The maximum Gasteiger partial charge on any atom is 0.257 e. The van der Waals surface area contributed by atoms with Crippen LogP contribution in [0, 0.1) is 6.92 Å². The van der Waals surface area contributed by atoms with Gasteiger partial charge in [-0.3, -0.25) is 9.59 Å². The number of nitrogens with one attached hydrogen (secondary N) is 2. The molecule has 170 valence electrons. The van der Waals surface area contributed by atoms with E-state index in [0.29, 0.717) is 40.4 Å². The maximum absolute atomic E-state index is 13.1. The van der Waals surface area contributed by atoms with Gasteiger partial charge in [-0.25, -0.2) is 4.98 Å². The number of ether oxygens (including phenoxy) is 2. The molecule has 2 heterocycles. The molecule has 0 fully saturated rings. The number of nitrogens with zero attached hydrogens (tertiary/aromatic N) is 1. The van der Waals surface area contributed by atoms with Crippen molar-refractivity contribution in [3.05, 3.63) is 87.7 Å². The minimum absolute atomic E-state index is 0.142. The first kappa shape index (κ1) is 22.7. The van der Waals surface area contributed by atoms with Crippen LogP contribution < -0.4 is 20.3 Å². The van der Waals surface area contributed by atoms with Gasteiger partial charge >= 0.3 is 0 Å². The predicted molar refractivity (Wildman–Crippen MR) is 129 cm³/mol. The number of H-pyrrole nitrogens is 1. The van der Waals surface area contributed by atoms with Crippen LogP contribution in [-0.4, -0.2) is 29.6 Å². The molecule has 1 aliphatic rings. The molecule has 0 saturated carbocycles. The van der Waals surface area contributed by atoms with Gasteiger partial charge in [0.15, 0.2) is 16.7 Å². The van der Waals surface area contributed by atoms with Crippen molar-refractivity contribution in [3.63, 3.8) is 0 Å². The van der Waals surface area contributed by atoms with Crippen LogP contribution in [-0.2, 0) is 10.5 Å². The number of carbonyl (C=O) groups excluding carboxylic acids is 1. The molecule has 7 nitrogen and oxygen atoms in total. The van der Waals surface area contributed by atoms with Gasteiger partial charge in [0.1, 0.15) is 12.4 Å². The molecule has 0 radical (unpaired) electrons. The van der Waals surface area contributed by atoms with Crippen LogP contribution in [0.15, 0.2) is 65.1 Å². The van der Waals surface area contributed by atoms with Crippen LogP contribution in [0.4, 0.5) is 5.82 Å². The van der Waals surface area contributed by atoms with Crippen molar-refractivity contribution in [2.75, 3.05) is 19.0 Å². The molecule has 1 aromatic heterocycles. The number of aromatic nitrogens is 2. The van der Waals surface area contributed by atoms with Crippen molar-refractivity contribution in [1.29, 1.82) is 0 Å². The Morgan fingerprint density at radius 1 is 1.18 bits per heavy atom. The molecule has 0 bridgehead atoms. The monoisotopic (exact) mass is 463 g/mol. The Bertz CT molecular complexity index is 1240. The number of thioether (sulfide) groups is 1. The quantitative estimate of drug-likeness (QED) is 0.292. The summed E-state index contributed by atoms with van der Waals surface area (Å²) in [4.78, 5) is 33.0. The fourth-order valence-corrected chi connectivity index (χ4v) is 4.53. The Morgan fingerprint density at radius 2 is 1.97 bits per heavy atom. The number of fused-ring (bicyclic) bond motifs is 1. The molecule has 0 spiro atoms. The van der Waals surface area contributed by atoms with Crippen molar-refractivity contribution < 1.29 is 14.3 Å². The van der Waals surface area contributed by atoms with Gasteiger partial charge in [0.25, 0.3) is 5.56 Å². The van der Waals surface area contributed by atoms with Gasteiger partial charge in [-0.05, 0) is 30.2 Å². The maximum atomic E-state index is 13.1. The molecule has 0 saturated heterocycles. The SMILES string of the molecule is C=CCOc1ccc([C@@H]2CC(=O)Nc3nc(SCc4ccc(C)cc4)[nH]c(=O)c32)cc1OC. The summed E-state index contributed by atoms with van der Waals surface area (Å²) in [6.07, 6.45) is 1.79. The third-order valence-corrected chi connectivity index (χ3v) is 6.32. The third kappa shape index (κ3) is 5.12. The largest absolute Gasteiger partial charge is 0.493 e. The summed E-state index contributed by atoms with van der Waals surface area (Å²) < 4.78 is 11.1. The van der Waals surface area contributed by atoms with Crippen LogP contribution in [0.2, 0.25) is 0 Å². The van der Waals surface area contributed by atoms with Gasteiger partial charge in [-0.15, -0.1) is 0 Å². The zero-order chi connectivity index (χ0) is 23.4. The first-order chi connectivity index (χ1) is 16.0. The zero-order valence-electron chi connectivity index (χ0n) is 18.5. The molecule has 2 aromatic carbocycles. The Kier molecular flexibility index (Phi) is 6.84. The summed E-state index contributed by atoms with van der Waals surface area (Å²) in [6.45, 7) is 6.03. The highest BCUT2D eigenvalue weighted by Crippen LogP contribution is 2.38. The van der Waals surface area contributed by atoms with Crippen molar-refractivity contribution >= 4 is 23.5 Å². The average Bonchev–Trinajstić information content (AvgIpc) is 2.81. The molecular weight excluding hydrogens is 438 g/mol. The molecule has 3 aromatic rings. The van der Waals surface area contributed by atoms with E-state index in [4.69, 9.17) is 9.47 Å². The number of carbonyl (C=O) groups is 1. The van der Waals surface area contributed by atoms with E-state index in [1.807, 2.05) is 37.3 Å². The van der Waals surface area contributed by atoms with E-state index in [-0.39, 0.29) is 17.9 Å². The van der Waals surface area contributed by atoms with E-state index in [1.165, 1.54) is 17.3 Å². The van der Waals surface area contributed by atoms with E-state index >= 15 is 0 Å². The van der Waals surface area contributed by atoms with E-state index in [2.05, 4.69) is 21.9 Å². The fourth-order valence-electron chi connectivity index (χ4n) is 3.71. The van der Waals surface area contributed by atoms with E-state index in [9.17, 15) is 9.59 Å². The molecule has 1 amide bonds. The van der Waals surface area contributed by atoms with Gasteiger partial charge in [0.2, 0.25) is 5.91 Å². The van der Waals surface area contributed by atoms with Crippen LogP contribution in [0.1, 0.15) is 34.6 Å². The molecule has 4 rings (SSSR count). The van der Waals surface area contributed by atoms with E-state index in [0.717, 1.165) is 11.1 Å². The molecule has 1 atom stereocenters. The molecule has 0 aliphatic carbocycles. The smallest absolute Gasteiger partial charge is 0.257 e. The molecule has 2 N–H and O–H groups in total. The standard InChI is InChI=1S/C25H25N3O4S/c1-4-11-32-19-10-9-17(12-20(19)31-3)18-13-21(29)26-23-22(18)24(30)28-25(27-23)33-14-16-7-5-15(2)6-8-16/h4-10,12,18H,1,11,13-14H2,2-3H3,(H2,26,27,28,29,30)/t18-/m0/s1. The molecule has 8 heteroatoms. The number of anilines is 1. The predicted octanol–water partition coefficient (Wildman–Crippen LogP) is 4.42. The summed E-state index contributed by atoms with van der Waals surface area (Å²) in [6, 6.07) is 13.6. The van der Waals surface area contributed by atoms with E-state index in [1.54, 1.807) is 25.3 Å². The van der Waals surface area contributed by atoms with Crippen LogP contribution in [0.5, 0.6) is 11.5 Å². The number of aryl methyl sites for hydroxylation is 1. The molecule has 1 aliphatic heterocycles. The van der Waals surface area contributed by atoms with Crippen molar-refractivity contribution in [2.45, 2.75) is 30.2 Å². The first-order valence-corrected chi connectivity index (χ1v) is 11.5. The lowest BCUT2D eigenvalue weighted by molar-refractivity contribution is -0.116. The number of hydrogen-bond acceptors (Lipinski definition) is 6. The van der Waals surface area contributed by atoms with Gasteiger partial charge in [-0.1, -0.05) is 60.3 Å². The second kappa shape index (κ2) is 9.95. The molecular formula is C25H25N3O4S. The van der Waals surface area contributed by atoms with Crippen molar-refractivity contribution in [1.82, 2.24) is 9.97 Å². The number of rotatable bonds is 8. The summed E-state index contributed by atoms with van der Waals surface area (Å²) in [5.74, 6) is 1.42. The summed E-state index contributed by atoms with van der Waals surface area (Å²) >= 11 is 1.42. The lowest BCUT2D eigenvalue weighted by Gasteiger charge is -2.25. The zero-order valence-corrected chi connectivity index (χ0v) is 19.3. The Balaban J connectivity index is 1.63. The minimum atomic E-state index is -0.441. The second-order valence-corrected chi connectivity index (χ2v) is 8.69. The van der Waals surface area contributed by atoms with Crippen LogP contribution >= 0.6 is 11.8 Å². The summed E-state index contributed by atoms with van der Waals surface area (Å²) in [5, 5.41) is 3.23. The van der Waals surface area contributed by atoms with Crippen molar-refractivity contribution in [2.24, 2.45) is 0 Å². The number of methoxy groups -OCH3 is 1. The van der Waals surface area contributed by atoms with E-state index < -0.39 is 5.92 Å².